The molecule has 0 aliphatic heterocycles. The van der Waals surface area contributed by atoms with Gasteiger partial charge in [-0.25, -0.2) is 0 Å². The van der Waals surface area contributed by atoms with Gasteiger partial charge in [-0.15, -0.1) is 0 Å². The highest BCUT2D eigenvalue weighted by Gasteiger charge is 2.18. The number of hydrogen-bond acceptors (Lipinski definition) is 5. The van der Waals surface area contributed by atoms with Crippen molar-refractivity contribution in [1.82, 2.24) is 5.32 Å². The van der Waals surface area contributed by atoms with Crippen molar-refractivity contribution in [2.75, 3.05) is 13.2 Å². The predicted molar refractivity (Wildman–Crippen MR) is 310 cm³/mol. The van der Waals surface area contributed by atoms with Gasteiger partial charge in [0.2, 0.25) is 5.91 Å². The van der Waals surface area contributed by atoms with Gasteiger partial charge in [0.25, 0.3) is 0 Å². The molecule has 6 nitrogen and oxygen atoms in total. The van der Waals surface area contributed by atoms with Gasteiger partial charge in [0.05, 0.1) is 25.4 Å². The van der Waals surface area contributed by atoms with E-state index in [9.17, 15) is 19.8 Å². The molecule has 0 aliphatic rings. The lowest BCUT2D eigenvalue weighted by Crippen LogP contribution is -2.45. The number of amides is 1. The fourth-order valence-electron chi connectivity index (χ4n) is 9.48. The lowest BCUT2D eigenvalue weighted by atomic mass is 10.0. The second-order valence-electron chi connectivity index (χ2n) is 21.4. The minimum Gasteiger partial charge on any atom is -0.466 e. The number of hydrogen-bond donors (Lipinski definition) is 3. The molecule has 2 atom stereocenters. The van der Waals surface area contributed by atoms with Crippen LogP contribution in [0.1, 0.15) is 328 Å². The molecule has 0 aliphatic carbocycles. The van der Waals surface area contributed by atoms with Crippen molar-refractivity contribution < 1.29 is 24.5 Å². The molecule has 0 aromatic heterocycles. The topological polar surface area (TPSA) is 95.9 Å². The number of carbonyl (C=O) groups excluding carboxylic acids is 2. The summed E-state index contributed by atoms with van der Waals surface area (Å²) in [6.45, 7) is 4.89. The highest BCUT2D eigenvalue weighted by atomic mass is 16.5. The predicted octanol–water partition coefficient (Wildman–Crippen LogP) is 19.7. The number of carbonyl (C=O) groups is 2. The molecule has 0 rings (SSSR count). The molecule has 1 amide bonds. The van der Waals surface area contributed by atoms with Gasteiger partial charge in [-0.1, -0.05) is 274 Å². The summed E-state index contributed by atoms with van der Waals surface area (Å²) in [5, 5.41) is 23.0. The lowest BCUT2D eigenvalue weighted by Gasteiger charge is -2.20. The Kier molecular flexibility index (Phi) is 58.5. The van der Waals surface area contributed by atoms with E-state index in [4.69, 9.17) is 4.74 Å². The van der Waals surface area contributed by atoms with Crippen LogP contribution in [0.2, 0.25) is 0 Å². The smallest absolute Gasteiger partial charge is 0.305 e. The normalized spacial score (nSPS) is 12.9. The highest BCUT2D eigenvalue weighted by molar-refractivity contribution is 5.76. The number of esters is 1. The second kappa shape index (κ2) is 60.4. The third-order valence-corrected chi connectivity index (χ3v) is 14.3. The van der Waals surface area contributed by atoms with Gasteiger partial charge in [0.1, 0.15) is 0 Å². The highest BCUT2D eigenvalue weighted by Crippen LogP contribution is 2.16. The average Bonchev–Trinajstić information content (AvgIpc) is 3.37. The fraction of sp³-hybridized carbons (Fsp3) is 0.846. The van der Waals surface area contributed by atoms with Crippen molar-refractivity contribution in [3.63, 3.8) is 0 Å². The van der Waals surface area contributed by atoms with Crippen molar-refractivity contribution in [2.24, 2.45) is 0 Å². The molecule has 0 aromatic rings. The van der Waals surface area contributed by atoms with Crippen molar-refractivity contribution in [3.8, 4) is 0 Å². The fourth-order valence-corrected chi connectivity index (χ4v) is 9.48. The maximum Gasteiger partial charge on any atom is 0.305 e. The Hall–Kier alpha value is -2.18. The molecule has 0 bridgehead atoms. The molecule has 3 N–H and O–H groups in total. The number of rotatable bonds is 58. The van der Waals surface area contributed by atoms with Crippen LogP contribution in [0.5, 0.6) is 0 Å². The Balaban J connectivity index is 3.43. The minimum absolute atomic E-state index is 0.00531. The number of aliphatic hydroxyl groups excluding tert-OH is 2. The van der Waals surface area contributed by atoms with Crippen LogP contribution in [0.25, 0.3) is 0 Å². The minimum atomic E-state index is -0.848. The van der Waals surface area contributed by atoms with Crippen LogP contribution in [0, 0.1) is 0 Å². The monoisotopic (exact) mass is 996 g/mol. The van der Waals surface area contributed by atoms with Crippen LogP contribution in [0.15, 0.2) is 48.6 Å². The molecule has 0 saturated heterocycles. The number of unbranched alkanes of at least 4 members (excludes halogenated alkanes) is 41. The zero-order valence-electron chi connectivity index (χ0n) is 47.5. The maximum absolute atomic E-state index is 12.4. The third-order valence-electron chi connectivity index (χ3n) is 14.3. The van der Waals surface area contributed by atoms with E-state index in [1.54, 1.807) is 6.08 Å². The summed E-state index contributed by atoms with van der Waals surface area (Å²) in [7, 11) is 0. The van der Waals surface area contributed by atoms with Crippen LogP contribution in [0.4, 0.5) is 0 Å². The van der Waals surface area contributed by atoms with E-state index >= 15 is 0 Å². The zero-order chi connectivity index (χ0) is 51.4. The second-order valence-corrected chi connectivity index (χ2v) is 21.4. The van der Waals surface area contributed by atoms with Crippen molar-refractivity contribution in [2.45, 2.75) is 341 Å². The van der Waals surface area contributed by atoms with Crippen LogP contribution in [0.3, 0.4) is 0 Å². The van der Waals surface area contributed by atoms with Crippen LogP contribution < -0.4 is 5.32 Å². The first-order valence-electron chi connectivity index (χ1n) is 31.4. The number of allylic oxidation sites excluding steroid dienone is 7. The van der Waals surface area contributed by atoms with E-state index in [-0.39, 0.29) is 18.5 Å². The molecule has 0 saturated carbocycles. The van der Waals surface area contributed by atoms with Gasteiger partial charge < -0.3 is 20.3 Å². The van der Waals surface area contributed by atoms with Crippen LogP contribution in [-0.2, 0) is 14.3 Å². The molecular weight excluding hydrogens is 875 g/mol. The van der Waals surface area contributed by atoms with E-state index in [0.29, 0.717) is 19.4 Å². The van der Waals surface area contributed by atoms with Gasteiger partial charge in [0, 0.05) is 12.8 Å². The average molecular weight is 997 g/mol. The molecule has 416 valence electrons. The maximum atomic E-state index is 12.4. The Morgan fingerprint density at radius 3 is 1.08 bits per heavy atom. The molecule has 71 heavy (non-hydrogen) atoms. The summed E-state index contributed by atoms with van der Waals surface area (Å²) < 4.78 is 5.49. The molecule has 0 fully saturated rings. The summed E-state index contributed by atoms with van der Waals surface area (Å²) >= 11 is 0. The van der Waals surface area contributed by atoms with E-state index in [1.165, 1.54) is 250 Å². The van der Waals surface area contributed by atoms with E-state index in [0.717, 1.165) is 51.4 Å². The van der Waals surface area contributed by atoms with E-state index in [1.807, 2.05) is 6.08 Å². The summed E-state index contributed by atoms with van der Waals surface area (Å²) in [6, 6.07) is -0.632. The largest absolute Gasteiger partial charge is 0.466 e. The summed E-state index contributed by atoms with van der Waals surface area (Å²) in [5.41, 5.74) is 0. The van der Waals surface area contributed by atoms with Crippen molar-refractivity contribution >= 4 is 11.9 Å². The van der Waals surface area contributed by atoms with Gasteiger partial charge in [-0.3, -0.25) is 9.59 Å². The molecule has 0 spiro atoms. The van der Waals surface area contributed by atoms with Gasteiger partial charge in [0.15, 0.2) is 0 Å². The van der Waals surface area contributed by atoms with Crippen LogP contribution in [-0.4, -0.2) is 47.4 Å². The zero-order valence-corrected chi connectivity index (χ0v) is 47.5. The van der Waals surface area contributed by atoms with E-state index < -0.39 is 12.1 Å². The molecule has 0 heterocycles. The number of aliphatic hydroxyl groups is 2. The first-order chi connectivity index (χ1) is 35.0. The van der Waals surface area contributed by atoms with Crippen molar-refractivity contribution in [1.29, 1.82) is 0 Å². The lowest BCUT2D eigenvalue weighted by molar-refractivity contribution is -0.143. The Bertz CT molecular complexity index is 1190. The Morgan fingerprint density at radius 1 is 0.394 bits per heavy atom. The quantitative estimate of drug-likeness (QED) is 0.0321. The van der Waals surface area contributed by atoms with Gasteiger partial charge >= 0.3 is 5.97 Å². The third kappa shape index (κ3) is 57.0. The first-order valence-corrected chi connectivity index (χ1v) is 31.4. The SMILES string of the molecule is CCCCCCCCC/C=C\CCCCCCCCCC(=O)OCCCCCCCCCCC/C=C\C/C=C\CCCCCCCCCCCC(=O)NC(CO)C(O)/C=C/CCCCCCCCCCC. The standard InChI is InChI=1S/C65H121NO5/c1-3-5-7-9-11-13-15-16-17-18-29-32-35-39-43-47-51-55-59-65(70)71-60-56-52-48-44-40-36-33-30-27-25-23-21-19-20-22-24-26-28-31-34-38-42-46-50-54-58-64(69)66-62(61-67)63(68)57-53-49-45-41-37-14-12-10-8-6-4-2/h17-18,20-23,53,57,62-63,67-68H,3-16,19,24-52,54-56,58-61H2,1-2H3,(H,66,69)/b18-17-,22-20-,23-21-,57-53+. The summed E-state index contributed by atoms with van der Waals surface area (Å²) in [4.78, 5) is 24.5. The van der Waals surface area contributed by atoms with Gasteiger partial charge in [-0.2, -0.15) is 0 Å². The first kappa shape index (κ1) is 68.8. The Labute approximate surface area is 442 Å². The molecule has 0 aromatic carbocycles. The number of ether oxygens (including phenoxy) is 1. The molecule has 6 heteroatoms. The molecule has 0 radical (unpaired) electrons. The van der Waals surface area contributed by atoms with E-state index in [2.05, 4.69) is 55.6 Å². The number of nitrogens with one attached hydrogen (secondary N) is 1. The van der Waals surface area contributed by atoms with Gasteiger partial charge in [-0.05, 0) is 89.9 Å². The van der Waals surface area contributed by atoms with Crippen LogP contribution >= 0.6 is 0 Å². The van der Waals surface area contributed by atoms with Crippen molar-refractivity contribution in [3.05, 3.63) is 48.6 Å². The molecular formula is C65H121NO5. The Morgan fingerprint density at radius 2 is 0.704 bits per heavy atom. The summed E-state index contributed by atoms with van der Waals surface area (Å²) in [6.07, 6.45) is 77.3. The molecule has 2 unspecified atom stereocenters. The summed E-state index contributed by atoms with van der Waals surface area (Å²) in [5.74, 6) is -0.0702.